The number of nitrogens with one attached hydrogen (secondary N) is 1. The van der Waals surface area contributed by atoms with Crippen LogP contribution in [-0.4, -0.2) is 46.4 Å². The summed E-state index contributed by atoms with van der Waals surface area (Å²) in [5.41, 5.74) is 3.05. The molecule has 1 amide bonds. The van der Waals surface area contributed by atoms with Gasteiger partial charge in [0.2, 0.25) is 0 Å². The van der Waals surface area contributed by atoms with Crippen molar-refractivity contribution in [3.05, 3.63) is 35.8 Å². The molecule has 5 nitrogen and oxygen atoms in total. The monoisotopic (exact) mass is 420 g/mol. The molecule has 4 atom stereocenters. The lowest BCUT2D eigenvalue weighted by molar-refractivity contribution is 0.0885. The number of pyridine rings is 1. The molecule has 5 heteroatoms. The average Bonchev–Trinajstić information content (AvgIpc) is 3.46. The molecule has 6 rings (SSSR count). The maximum absolute atomic E-state index is 13.2. The number of amides is 1. The Morgan fingerprint density at radius 3 is 2.87 bits per heavy atom. The van der Waals surface area contributed by atoms with Gasteiger partial charge in [-0.05, 0) is 86.9 Å². The zero-order valence-corrected chi connectivity index (χ0v) is 18.7. The van der Waals surface area contributed by atoms with Crippen molar-refractivity contribution in [3.8, 4) is 0 Å². The molecule has 3 bridgehead atoms. The fraction of sp³-hybridized carbons (Fsp3) is 0.692. The second-order valence-electron chi connectivity index (χ2n) is 11.0. The molecule has 0 aromatic carbocycles. The van der Waals surface area contributed by atoms with Gasteiger partial charge in [-0.15, -0.1) is 0 Å². The fourth-order valence-electron chi connectivity index (χ4n) is 7.54. The largest absolute Gasteiger partial charge is 0.350 e. The smallest absolute Gasteiger partial charge is 0.268 e. The van der Waals surface area contributed by atoms with Gasteiger partial charge in [-0.25, -0.2) is 4.98 Å². The normalized spacial score (nSPS) is 32.6. The molecular formula is C26H36N4O. The minimum atomic E-state index is 0.0580. The first-order valence-electron chi connectivity index (χ1n) is 12.7. The van der Waals surface area contributed by atoms with Crippen LogP contribution in [-0.2, 0) is 6.42 Å². The van der Waals surface area contributed by atoms with Crippen molar-refractivity contribution in [1.82, 2.24) is 19.6 Å². The molecule has 3 saturated carbocycles. The SMILES string of the molecule is O=C(NCC12CC3CCCC(C1)C(C3)C2)c1cccc2nc(CCN3CCCC3)cn12. The van der Waals surface area contributed by atoms with Crippen LogP contribution in [0.3, 0.4) is 0 Å². The van der Waals surface area contributed by atoms with E-state index in [2.05, 4.69) is 16.4 Å². The van der Waals surface area contributed by atoms with Gasteiger partial charge < -0.3 is 10.2 Å². The summed E-state index contributed by atoms with van der Waals surface area (Å²) in [4.78, 5) is 20.5. The van der Waals surface area contributed by atoms with Gasteiger partial charge in [-0.2, -0.15) is 0 Å². The first kappa shape index (κ1) is 19.8. The maximum atomic E-state index is 13.2. The van der Waals surface area contributed by atoms with Gasteiger partial charge in [-0.1, -0.05) is 25.3 Å². The molecule has 1 aliphatic heterocycles. The molecule has 3 aliphatic carbocycles. The van der Waals surface area contributed by atoms with Crippen LogP contribution in [0, 0.1) is 23.2 Å². The summed E-state index contributed by atoms with van der Waals surface area (Å²) in [5.74, 6) is 2.80. The Balaban J connectivity index is 1.15. The molecule has 166 valence electrons. The highest BCUT2D eigenvalue weighted by Crippen LogP contribution is 2.59. The molecule has 4 unspecified atom stereocenters. The maximum Gasteiger partial charge on any atom is 0.268 e. The average molecular weight is 421 g/mol. The molecule has 4 fully saturated rings. The standard InChI is InChI=1S/C26H36N4O/c31-25(27-18-26-14-19-5-3-6-20(15-26)21(13-19)16-26)23-7-4-8-24-28-22(17-30(23)24)9-12-29-10-1-2-11-29/h4,7-8,17,19-21H,1-3,5-6,9-16,18H2,(H,27,31). The van der Waals surface area contributed by atoms with Crippen LogP contribution in [0.1, 0.15) is 74.0 Å². The van der Waals surface area contributed by atoms with Crippen molar-refractivity contribution in [2.45, 2.75) is 64.2 Å². The highest BCUT2D eigenvalue weighted by atomic mass is 16.1. The lowest BCUT2D eigenvalue weighted by atomic mass is 9.69. The second kappa shape index (κ2) is 7.91. The third kappa shape index (κ3) is 3.79. The topological polar surface area (TPSA) is 49.6 Å². The van der Waals surface area contributed by atoms with Gasteiger partial charge >= 0.3 is 0 Å². The zero-order chi connectivity index (χ0) is 20.8. The molecule has 2 aromatic rings. The van der Waals surface area contributed by atoms with Crippen molar-refractivity contribution in [2.75, 3.05) is 26.2 Å². The third-order valence-corrected chi connectivity index (χ3v) is 8.88. The molecule has 31 heavy (non-hydrogen) atoms. The predicted molar refractivity (Wildman–Crippen MR) is 122 cm³/mol. The minimum absolute atomic E-state index is 0.0580. The zero-order valence-electron chi connectivity index (χ0n) is 18.7. The number of carbonyl (C=O) groups is 1. The molecule has 0 spiro atoms. The van der Waals surface area contributed by atoms with Crippen LogP contribution in [0.5, 0.6) is 0 Å². The Morgan fingerprint density at radius 2 is 1.97 bits per heavy atom. The van der Waals surface area contributed by atoms with Crippen molar-refractivity contribution in [3.63, 3.8) is 0 Å². The number of aromatic nitrogens is 2. The van der Waals surface area contributed by atoms with E-state index in [-0.39, 0.29) is 5.91 Å². The van der Waals surface area contributed by atoms with Crippen LogP contribution >= 0.6 is 0 Å². The first-order chi connectivity index (χ1) is 15.2. The summed E-state index contributed by atoms with van der Waals surface area (Å²) in [5, 5.41) is 3.36. The van der Waals surface area contributed by atoms with Crippen LogP contribution in [0.15, 0.2) is 24.4 Å². The fourth-order valence-corrected chi connectivity index (χ4v) is 7.54. The molecule has 1 N–H and O–H groups in total. The van der Waals surface area contributed by atoms with E-state index in [9.17, 15) is 4.79 Å². The van der Waals surface area contributed by atoms with Gasteiger partial charge in [0.25, 0.3) is 5.91 Å². The van der Waals surface area contributed by atoms with Crippen molar-refractivity contribution < 1.29 is 4.79 Å². The van der Waals surface area contributed by atoms with E-state index in [1.165, 1.54) is 70.9 Å². The lowest BCUT2D eigenvalue weighted by Gasteiger charge is -2.38. The predicted octanol–water partition coefficient (Wildman–Crippen LogP) is 4.31. The Morgan fingerprint density at radius 1 is 1.10 bits per heavy atom. The number of hydrogen-bond donors (Lipinski definition) is 1. The number of nitrogens with zero attached hydrogens (tertiary/aromatic N) is 3. The van der Waals surface area contributed by atoms with E-state index in [1.807, 2.05) is 22.6 Å². The van der Waals surface area contributed by atoms with Gasteiger partial charge in [0.1, 0.15) is 11.3 Å². The molecular weight excluding hydrogens is 384 g/mol. The van der Waals surface area contributed by atoms with Crippen LogP contribution in [0.25, 0.3) is 5.65 Å². The third-order valence-electron chi connectivity index (χ3n) is 8.88. The van der Waals surface area contributed by atoms with Crippen LogP contribution < -0.4 is 5.32 Å². The number of likely N-dealkylation sites (tertiary alicyclic amines) is 1. The summed E-state index contributed by atoms with van der Waals surface area (Å²) in [6.07, 6.45) is 15.4. The molecule has 2 aromatic heterocycles. The van der Waals surface area contributed by atoms with E-state index >= 15 is 0 Å². The Labute approximate surface area is 185 Å². The Bertz CT molecular complexity index is 957. The quantitative estimate of drug-likeness (QED) is 0.758. The van der Waals surface area contributed by atoms with Crippen molar-refractivity contribution >= 4 is 11.6 Å². The summed E-state index contributed by atoms with van der Waals surface area (Å²) in [7, 11) is 0. The number of hydrogen-bond acceptors (Lipinski definition) is 3. The summed E-state index contributed by atoms with van der Waals surface area (Å²) in [6, 6.07) is 5.92. The first-order valence-corrected chi connectivity index (χ1v) is 12.7. The van der Waals surface area contributed by atoms with Crippen molar-refractivity contribution in [2.24, 2.45) is 23.2 Å². The second-order valence-corrected chi connectivity index (χ2v) is 11.0. The number of fused-ring (bicyclic) bond motifs is 3. The van der Waals surface area contributed by atoms with Crippen LogP contribution in [0.4, 0.5) is 0 Å². The van der Waals surface area contributed by atoms with E-state index in [0.29, 0.717) is 5.41 Å². The Hall–Kier alpha value is -1.88. The Kier molecular flexibility index (Phi) is 5.05. The highest BCUT2D eigenvalue weighted by molar-refractivity contribution is 5.93. The molecule has 0 radical (unpaired) electrons. The van der Waals surface area contributed by atoms with Gasteiger partial charge in [0, 0.05) is 25.7 Å². The van der Waals surface area contributed by atoms with E-state index in [1.54, 1.807) is 0 Å². The highest BCUT2D eigenvalue weighted by Gasteiger charge is 2.51. The summed E-state index contributed by atoms with van der Waals surface area (Å²) in [6.45, 7) is 4.34. The molecule has 3 heterocycles. The van der Waals surface area contributed by atoms with Crippen LogP contribution in [0.2, 0.25) is 0 Å². The summed E-state index contributed by atoms with van der Waals surface area (Å²) >= 11 is 0. The summed E-state index contributed by atoms with van der Waals surface area (Å²) < 4.78 is 2.00. The van der Waals surface area contributed by atoms with E-state index in [0.717, 1.165) is 54.3 Å². The molecule has 4 aliphatic rings. The number of imidazole rings is 1. The van der Waals surface area contributed by atoms with Gasteiger partial charge in [0.05, 0.1) is 5.69 Å². The minimum Gasteiger partial charge on any atom is -0.350 e. The number of carbonyl (C=O) groups excluding carboxylic acids is 1. The van der Waals surface area contributed by atoms with E-state index < -0.39 is 0 Å². The number of rotatable bonds is 6. The van der Waals surface area contributed by atoms with Gasteiger partial charge in [-0.3, -0.25) is 9.20 Å². The lowest BCUT2D eigenvalue weighted by Crippen LogP contribution is -2.39. The molecule has 1 saturated heterocycles. The van der Waals surface area contributed by atoms with E-state index in [4.69, 9.17) is 4.98 Å². The van der Waals surface area contributed by atoms with Gasteiger partial charge in [0.15, 0.2) is 0 Å². The van der Waals surface area contributed by atoms with Crippen molar-refractivity contribution in [1.29, 1.82) is 0 Å².